The van der Waals surface area contributed by atoms with Crippen molar-refractivity contribution in [2.45, 2.75) is 33.2 Å². The minimum Gasteiger partial charge on any atom is -0.367 e. The highest BCUT2D eigenvalue weighted by atomic mass is 15.4. The van der Waals surface area contributed by atoms with Crippen LogP contribution >= 0.6 is 0 Å². The molecule has 0 fully saturated rings. The Hall–Kier alpha value is -2.44. The highest BCUT2D eigenvalue weighted by molar-refractivity contribution is 5.45. The molecule has 0 aliphatic rings. The van der Waals surface area contributed by atoms with Crippen molar-refractivity contribution >= 4 is 11.6 Å². The van der Waals surface area contributed by atoms with Crippen molar-refractivity contribution in [1.29, 1.82) is 0 Å². The number of hydrogen-bond acceptors (Lipinski definition) is 5. The summed E-state index contributed by atoms with van der Waals surface area (Å²) in [6.45, 7) is 6.06. The smallest absolute Gasteiger partial charge is 0.254 e. The summed E-state index contributed by atoms with van der Waals surface area (Å²) in [5, 5.41) is 14.8. The van der Waals surface area contributed by atoms with Crippen LogP contribution in [-0.2, 0) is 6.42 Å². The summed E-state index contributed by atoms with van der Waals surface area (Å²) in [4.78, 5) is 8.44. The summed E-state index contributed by atoms with van der Waals surface area (Å²) in [7, 11) is 0. The SMILES string of the molecule is Cc1cc(NC(C)Cc2cc(C)[nH]n2)n2ncnc2n1. The molecule has 0 spiro atoms. The topological polar surface area (TPSA) is 83.8 Å². The molecule has 7 heteroatoms. The van der Waals surface area contributed by atoms with E-state index in [-0.39, 0.29) is 6.04 Å². The van der Waals surface area contributed by atoms with Crippen molar-refractivity contribution in [2.75, 3.05) is 5.32 Å². The predicted molar refractivity (Wildman–Crippen MR) is 75.6 cm³/mol. The molecule has 0 radical (unpaired) electrons. The lowest BCUT2D eigenvalue weighted by atomic mass is 10.2. The van der Waals surface area contributed by atoms with Crippen LogP contribution in [0, 0.1) is 13.8 Å². The molecule has 0 saturated heterocycles. The lowest BCUT2D eigenvalue weighted by molar-refractivity contribution is 0.749. The molecule has 104 valence electrons. The van der Waals surface area contributed by atoms with Crippen molar-refractivity contribution in [1.82, 2.24) is 29.8 Å². The van der Waals surface area contributed by atoms with E-state index in [9.17, 15) is 0 Å². The summed E-state index contributed by atoms with van der Waals surface area (Å²) >= 11 is 0. The fourth-order valence-electron chi connectivity index (χ4n) is 2.23. The molecule has 3 aromatic heterocycles. The first-order valence-electron chi connectivity index (χ1n) is 6.56. The Morgan fingerprint density at radius 2 is 2.20 bits per heavy atom. The molecule has 7 nitrogen and oxygen atoms in total. The Morgan fingerprint density at radius 1 is 1.35 bits per heavy atom. The van der Waals surface area contributed by atoms with Crippen molar-refractivity contribution < 1.29 is 0 Å². The molecule has 0 amide bonds. The molecule has 2 N–H and O–H groups in total. The van der Waals surface area contributed by atoms with E-state index < -0.39 is 0 Å². The number of nitrogens with one attached hydrogen (secondary N) is 2. The van der Waals surface area contributed by atoms with Gasteiger partial charge in [-0.3, -0.25) is 5.10 Å². The van der Waals surface area contributed by atoms with Gasteiger partial charge in [-0.1, -0.05) is 0 Å². The van der Waals surface area contributed by atoms with Crippen LogP contribution in [0.4, 0.5) is 5.82 Å². The van der Waals surface area contributed by atoms with E-state index in [1.165, 1.54) is 6.33 Å². The van der Waals surface area contributed by atoms with Gasteiger partial charge >= 0.3 is 0 Å². The maximum Gasteiger partial charge on any atom is 0.254 e. The maximum absolute atomic E-state index is 4.32. The van der Waals surface area contributed by atoms with Crippen LogP contribution in [-0.4, -0.2) is 35.8 Å². The summed E-state index contributed by atoms with van der Waals surface area (Å²) in [6.07, 6.45) is 2.34. The van der Waals surface area contributed by atoms with Gasteiger partial charge in [-0.25, -0.2) is 4.98 Å². The van der Waals surface area contributed by atoms with E-state index in [4.69, 9.17) is 0 Å². The third kappa shape index (κ3) is 2.47. The summed E-state index contributed by atoms with van der Waals surface area (Å²) in [5.74, 6) is 1.50. The Morgan fingerprint density at radius 3 is 2.95 bits per heavy atom. The van der Waals surface area contributed by atoms with Crippen molar-refractivity contribution in [3.63, 3.8) is 0 Å². The van der Waals surface area contributed by atoms with Crippen molar-refractivity contribution in [2.24, 2.45) is 0 Å². The summed E-state index contributed by atoms with van der Waals surface area (Å²) in [5.41, 5.74) is 3.03. The number of H-pyrrole nitrogens is 1. The van der Waals surface area contributed by atoms with E-state index in [1.54, 1.807) is 4.52 Å². The fourth-order valence-corrected chi connectivity index (χ4v) is 2.23. The number of hydrogen-bond donors (Lipinski definition) is 2. The third-order valence-corrected chi connectivity index (χ3v) is 3.05. The lowest BCUT2D eigenvalue weighted by Gasteiger charge is -2.14. The van der Waals surface area contributed by atoms with Gasteiger partial charge in [0.25, 0.3) is 5.78 Å². The van der Waals surface area contributed by atoms with Gasteiger partial charge < -0.3 is 5.32 Å². The standard InChI is InChI=1S/C13H17N7/c1-8(4-11-5-10(3)18-19-11)16-12-6-9(2)17-13-14-7-15-20(12)13/h5-8,16H,4H2,1-3H3,(H,18,19). The van der Waals surface area contributed by atoms with Gasteiger partial charge in [0.05, 0.1) is 5.69 Å². The molecule has 1 atom stereocenters. The van der Waals surface area contributed by atoms with Crippen molar-refractivity contribution in [3.8, 4) is 0 Å². The lowest BCUT2D eigenvalue weighted by Crippen LogP contribution is -2.20. The van der Waals surface area contributed by atoms with Crippen LogP contribution in [0.1, 0.15) is 24.0 Å². The van der Waals surface area contributed by atoms with E-state index in [1.807, 2.05) is 19.9 Å². The molecule has 3 heterocycles. The van der Waals surface area contributed by atoms with Crippen LogP contribution in [0.15, 0.2) is 18.5 Å². The zero-order valence-electron chi connectivity index (χ0n) is 11.8. The number of aryl methyl sites for hydroxylation is 2. The molecule has 0 aliphatic heterocycles. The molecule has 0 aliphatic carbocycles. The van der Waals surface area contributed by atoms with Gasteiger partial charge in [0.1, 0.15) is 12.1 Å². The first kappa shape index (κ1) is 12.6. The van der Waals surface area contributed by atoms with Gasteiger partial charge in [-0.2, -0.15) is 19.7 Å². The van der Waals surface area contributed by atoms with E-state index in [2.05, 4.69) is 43.6 Å². The second kappa shape index (κ2) is 4.92. The second-order valence-corrected chi connectivity index (χ2v) is 5.05. The Labute approximate surface area is 116 Å². The third-order valence-electron chi connectivity index (χ3n) is 3.05. The Kier molecular flexibility index (Phi) is 3.09. The minimum absolute atomic E-state index is 0.229. The molecule has 20 heavy (non-hydrogen) atoms. The van der Waals surface area contributed by atoms with E-state index in [0.717, 1.165) is 29.3 Å². The second-order valence-electron chi connectivity index (χ2n) is 5.05. The molecule has 0 bridgehead atoms. The molecule has 0 saturated carbocycles. The predicted octanol–water partition coefficient (Wildman–Crippen LogP) is 1.51. The number of aromatic nitrogens is 6. The normalized spacial score (nSPS) is 12.8. The molecular weight excluding hydrogens is 254 g/mol. The maximum atomic E-state index is 4.32. The van der Waals surface area contributed by atoms with Gasteiger partial charge in [-0.05, 0) is 26.8 Å². The molecule has 3 rings (SSSR count). The summed E-state index contributed by atoms with van der Waals surface area (Å²) in [6, 6.07) is 4.25. The monoisotopic (exact) mass is 271 g/mol. The van der Waals surface area contributed by atoms with Crippen LogP contribution in [0.5, 0.6) is 0 Å². The quantitative estimate of drug-likeness (QED) is 0.751. The zero-order chi connectivity index (χ0) is 14.1. The average Bonchev–Trinajstić information content (AvgIpc) is 2.98. The Balaban J connectivity index is 1.80. The Bertz CT molecular complexity index is 727. The molecule has 0 aromatic carbocycles. The summed E-state index contributed by atoms with van der Waals surface area (Å²) < 4.78 is 1.71. The van der Waals surface area contributed by atoms with Gasteiger partial charge in [0, 0.05) is 29.9 Å². The van der Waals surface area contributed by atoms with Crippen LogP contribution < -0.4 is 5.32 Å². The minimum atomic E-state index is 0.229. The number of nitrogens with zero attached hydrogens (tertiary/aromatic N) is 5. The van der Waals surface area contributed by atoms with Crippen LogP contribution in [0.2, 0.25) is 0 Å². The van der Waals surface area contributed by atoms with Crippen LogP contribution in [0.25, 0.3) is 5.78 Å². The highest BCUT2D eigenvalue weighted by Gasteiger charge is 2.10. The van der Waals surface area contributed by atoms with Gasteiger partial charge in [-0.15, -0.1) is 0 Å². The average molecular weight is 271 g/mol. The van der Waals surface area contributed by atoms with E-state index >= 15 is 0 Å². The fraction of sp³-hybridized carbons (Fsp3) is 0.385. The highest BCUT2D eigenvalue weighted by Crippen LogP contribution is 2.13. The zero-order valence-corrected chi connectivity index (χ0v) is 11.8. The van der Waals surface area contributed by atoms with E-state index in [0.29, 0.717) is 5.78 Å². The number of aromatic amines is 1. The number of rotatable bonds is 4. The van der Waals surface area contributed by atoms with Gasteiger partial charge in [0.15, 0.2) is 0 Å². The van der Waals surface area contributed by atoms with Crippen molar-refractivity contribution in [3.05, 3.63) is 35.5 Å². The molecule has 3 aromatic rings. The largest absolute Gasteiger partial charge is 0.367 e. The first-order valence-corrected chi connectivity index (χ1v) is 6.56. The number of fused-ring (bicyclic) bond motifs is 1. The number of anilines is 1. The molecular formula is C13H17N7. The molecule has 1 unspecified atom stereocenters. The van der Waals surface area contributed by atoms with Crippen LogP contribution in [0.3, 0.4) is 0 Å². The van der Waals surface area contributed by atoms with Gasteiger partial charge in [0.2, 0.25) is 0 Å². The first-order chi connectivity index (χ1) is 9.61.